The summed E-state index contributed by atoms with van der Waals surface area (Å²) in [4.78, 5) is 2.35. The van der Waals surface area contributed by atoms with E-state index in [0.717, 1.165) is 31.8 Å². The van der Waals surface area contributed by atoms with Gasteiger partial charge in [-0.2, -0.15) is 0 Å². The van der Waals surface area contributed by atoms with E-state index in [1.54, 1.807) is 12.1 Å². The maximum absolute atomic E-state index is 13.2. The van der Waals surface area contributed by atoms with Gasteiger partial charge in [0.05, 0.1) is 12.7 Å². The first-order chi connectivity index (χ1) is 8.70. The van der Waals surface area contributed by atoms with Gasteiger partial charge in [0.2, 0.25) is 0 Å². The Morgan fingerprint density at radius 3 is 3.11 bits per heavy atom. The molecule has 0 bridgehead atoms. The predicted molar refractivity (Wildman–Crippen MR) is 70.1 cm³/mol. The zero-order chi connectivity index (χ0) is 13.0. The van der Waals surface area contributed by atoms with E-state index >= 15 is 0 Å². The Morgan fingerprint density at radius 2 is 2.39 bits per heavy atom. The van der Waals surface area contributed by atoms with Crippen LogP contribution in [0.15, 0.2) is 24.3 Å². The zero-order valence-corrected chi connectivity index (χ0v) is 11.0. The van der Waals surface area contributed by atoms with E-state index in [2.05, 4.69) is 17.1 Å². The van der Waals surface area contributed by atoms with Gasteiger partial charge in [-0.3, -0.25) is 4.90 Å². The van der Waals surface area contributed by atoms with Crippen LogP contribution in [0.2, 0.25) is 0 Å². The molecule has 1 aliphatic heterocycles. The number of nitrogens with one attached hydrogen (secondary N) is 1. The fraction of sp³-hybridized carbons (Fsp3) is 0.571. The summed E-state index contributed by atoms with van der Waals surface area (Å²) in [5.74, 6) is -0.167. The number of ether oxygens (including phenoxy) is 1. The average Bonchev–Trinajstić information content (AvgIpc) is 2.39. The summed E-state index contributed by atoms with van der Waals surface area (Å²) in [5, 5.41) is 3.13. The summed E-state index contributed by atoms with van der Waals surface area (Å²) in [6.45, 7) is 5.51. The Morgan fingerprint density at radius 1 is 1.56 bits per heavy atom. The highest BCUT2D eigenvalue weighted by Gasteiger charge is 2.24. The highest BCUT2D eigenvalue weighted by atomic mass is 19.1. The van der Waals surface area contributed by atoms with Crippen LogP contribution < -0.4 is 5.32 Å². The Bertz CT molecular complexity index is 384. The SMILES string of the molecule is CNCC1CN(C(C)c2cccc(F)c2)CCO1. The molecule has 2 atom stereocenters. The van der Waals surface area contributed by atoms with Gasteiger partial charge in [-0.25, -0.2) is 4.39 Å². The van der Waals surface area contributed by atoms with Gasteiger partial charge in [0.1, 0.15) is 5.82 Å². The lowest BCUT2D eigenvalue weighted by atomic mass is 10.1. The molecule has 1 aliphatic rings. The molecule has 0 saturated carbocycles. The molecule has 0 aromatic heterocycles. The first kappa shape index (κ1) is 13.5. The second-order valence-electron chi connectivity index (χ2n) is 4.78. The number of benzene rings is 1. The smallest absolute Gasteiger partial charge is 0.123 e. The molecule has 1 saturated heterocycles. The average molecular weight is 252 g/mol. The molecule has 2 rings (SSSR count). The van der Waals surface area contributed by atoms with E-state index < -0.39 is 0 Å². The quantitative estimate of drug-likeness (QED) is 0.884. The monoisotopic (exact) mass is 252 g/mol. The molecule has 0 spiro atoms. The van der Waals surface area contributed by atoms with E-state index in [-0.39, 0.29) is 18.0 Å². The van der Waals surface area contributed by atoms with Crippen LogP contribution in [0.1, 0.15) is 18.5 Å². The Balaban J connectivity index is 2.02. The van der Waals surface area contributed by atoms with Gasteiger partial charge in [-0.05, 0) is 31.7 Å². The molecule has 3 nitrogen and oxygen atoms in total. The third-order valence-corrected chi connectivity index (χ3v) is 3.48. The molecule has 0 aliphatic carbocycles. The summed E-state index contributed by atoms with van der Waals surface area (Å²) < 4.78 is 18.9. The Hall–Kier alpha value is -0.970. The molecule has 1 fully saturated rings. The lowest BCUT2D eigenvalue weighted by Gasteiger charge is -2.37. The molecule has 1 aromatic carbocycles. The summed E-state index contributed by atoms with van der Waals surface area (Å²) >= 11 is 0. The first-order valence-corrected chi connectivity index (χ1v) is 6.46. The number of nitrogens with zero attached hydrogens (tertiary/aromatic N) is 1. The van der Waals surface area contributed by atoms with Gasteiger partial charge in [0, 0.05) is 25.7 Å². The number of hydrogen-bond donors (Lipinski definition) is 1. The lowest BCUT2D eigenvalue weighted by Crippen LogP contribution is -2.46. The van der Waals surface area contributed by atoms with Gasteiger partial charge < -0.3 is 10.1 Å². The molecule has 1 heterocycles. The predicted octanol–water partition coefficient (Wildman–Crippen LogP) is 1.81. The van der Waals surface area contributed by atoms with Crippen molar-refractivity contribution >= 4 is 0 Å². The molecule has 1 aromatic rings. The minimum absolute atomic E-state index is 0.167. The van der Waals surface area contributed by atoms with Crippen molar-refractivity contribution in [1.29, 1.82) is 0 Å². The number of rotatable bonds is 4. The maximum atomic E-state index is 13.2. The topological polar surface area (TPSA) is 24.5 Å². The lowest BCUT2D eigenvalue weighted by molar-refractivity contribution is -0.0393. The molecule has 1 N–H and O–H groups in total. The summed E-state index contributed by atoms with van der Waals surface area (Å²) in [7, 11) is 1.93. The number of morpholine rings is 1. The van der Waals surface area contributed by atoms with Crippen molar-refractivity contribution in [3.05, 3.63) is 35.6 Å². The van der Waals surface area contributed by atoms with Gasteiger partial charge in [-0.15, -0.1) is 0 Å². The zero-order valence-electron chi connectivity index (χ0n) is 11.0. The van der Waals surface area contributed by atoms with E-state index in [1.807, 2.05) is 13.1 Å². The van der Waals surface area contributed by atoms with E-state index in [9.17, 15) is 4.39 Å². The highest BCUT2D eigenvalue weighted by Crippen LogP contribution is 2.22. The van der Waals surface area contributed by atoms with E-state index in [0.29, 0.717) is 0 Å². The fourth-order valence-electron chi connectivity index (χ4n) is 2.42. The molecular weight excluding hydrogens is 231 g/mol. The molecular formula is C14H21FN2O. The van der Waals surface area contributed by atoms with Gasteiger partial charge in [0.25, 0.3) is 0 Å². The third kappa shape index (κ3) is 3.28. The van der Waals surface area contributed by atoms with Gasteiger partial charge >= 0.3 is 0 Å². The van der Waals surface area contributed by atoms with Crippen molar-refractivity contribution in [2.75, 3.05) is 33.3 Å². The van der Waals surface area contributed by atoms with Crippen LogP contribution in [0.5, 0.6) is 0 Å². The van der Waals surface area contributed by atoms with Crippen molar-refractivity contribution in [2.45, 2.75) is 19.1 Å². The Labute approximate surface area is 108 Å². The maximum Gasteiger partial charge on any atom is 0.123 e. The van der Waals surface area contributed by atoms with Crippen LogP contribution in [0.4, 0.5) is 4.39 Å². The molecule has 4 heteroatoms. The fourth-order valence-corrected chi connectivity index (χ4v) is 2.42. The molecule has 100 valence electrons. The number of halogens is 1. The van der Waals surface area contributed by atoms with Crippen LogP contribution in [0.3, 0.4) is 0 Å². The summed E-state index contributed by atoms with van der Waals surface area (Å²) in [6.07, 6.45) is 0.222. The van der Waals surface area contributed by atoms with E-state index in [4.69, 9.17) is 4.74 Å². The van der Waals surface area contributed by atoms with Crippen LogP contribution in [-0.2, 0) is 4.74 Å². The molecule has 0 amide bonds. The second-order valence-corrected chi connectivity index (χ2v) is 4.78. The van der Waals surface area contributed by atoms with Crippen LogP contribution in [-0.4, -0.2) is 44.3 Å². The van der Waals surface area contributed by atoms with Crippen molar-refractivity contribution in [1.82, 2.24) is 10.2 Å². The normalized spacial score (nSPS) is 22.9. The first-order valence-electron chi connectivity index (χ1n) is 6.46. The van der Waals surface area contributed by atoms with Crippen LogP contribution in [0, 0.1) is 5.82 Å². The molecule has 0 radical (unpaired) electrons. The third-order valence-electron chi connectivity index (χ3n) is 3.48. The summed E-state index contributed by atoms with van der Waals surface area (Å²) in [6, 6.07) is 7.08. The van der Waals surface area contributed by atoms with Gasteiger partial charge in [0.15, 0.2) is 0 Å². The largest absolute Gasteiger partial charge is 0.374 e. The van der Waals surface area contributed by atoms with Crippen molar-refractivity contribution in [2.24, 2.45) is 0 Å². The highest BCUT2D eigenvalue weighted by molar-refractivity contribution is 5.19. The van der Waals surface area contributed by atoms with Gasteiger partial charge in [-0.1, -0.05) is 12.1 Å². The van der Waals surface area contributed by atoms with Crippen LogP contribution >= 0.6 is 0 Å². The van der Waals surface area contributed by atoms with Crippen molar-refractivity contribution in [3.63, 3.8) is 0 Å². The molecule has 18 heavy (non-hydrogen) atoms. The second kappa shape index (κ2) is 6.27. The van der Waals surface area contributed by atoms with Crippen LogP contribution in [0.25, 0.3) is 0 Å². The standard InChI is InChI=1S/C14H21FN2O/c1-11(12-4-3-5-13(15)8-12)17-6-7-18-14(10-17)9-16-2/h3-5,8,11,14,16H,6-7,9-10H2,1-2H3. The van der Waals surface area contributed by atoms with Crippen molar-refractivity contribution < 1.29 is 9.13 Å². The van der Waals surface area contributed by atoms with Crippen molar-refractivity contribution in [3.8, 4) is 0 Å². The summed E-state index contributed by atoms with van der Waals surface area (Å²) in [5.41, 5.74) is 1.03. The minimum atomic E-state index is -0.167. The number of hydrogen-bond acceptors (Lipinski definition) is 3. The molecule has 2 unspecified atom stereocenters. The van der Waals surface area contributed by atoms with E-state index in [1.165, 1.54) is 6.07 Å². The minimum Gasteiger partial charge on any atom is -0.374 e. The number of likely N-dealkylation sites (N-methyl/N-ethyl adjacent to an activating group) is 1. The Kier molecular flexibility index (Phi) is 4.69.